The van der Waals surface area contributed by atoms with Gasteiger partial charge in [-0.1, -0.05) is 12.1 Å². The molecule has 114 valence electrons. The van der Waals surface area contributed by atoms with Crippen LogP contribution >= 0.6 is 11.3 Å². The van der Waals surface area contributed by atoms with Gasteiger partial charge in [-0.3, -0.25) is 0 Å². The number of nitrogens with one attached hydrogen (secondary N) is 1. The van der Waals surface area contributed by atoms with Crippen molar-refractivity contribution in [3.8, 4) is 0 Å². The third-order valence-electron chi connectivity index (χ3n) is 2.71. The van der Waals surface area contributed by atoms with Crippen LogP contribution in [0.15, 0.2) is 35.2 Å². The average molecular weight is 333 g/mol. The molecule has 0 saturated carbocycles. The summed E-state index contributed by atoms with van der Waals surface area (Å²) < 4.78 is 165. The maximum absolute atomic E-state index is 8.69. The minimum absolute atomic E-state index is 0.237. The minimum Gasteiger partial charge on any atom is -0.353 e. The van der Waals surface area contributed by atoms with Crippen molar-refractivity contribution in [2.75, 3.05) is 38.3 Å². The number of nitrogens with zero attached hydrogens (tertiary/aromatic N) is 3. The fourth-order valence-corrected chi connectivity index (χ4v) is 2.55. The Balaban J connectivity index is 2.23. The van der Waals surface area contributed by atoms with Gasteiger partial charge >= 0.3 is 0 Å². The number of hydrogen-bond donors (Lipinski definition) is 1. The molecule has 0 atom stereocenters. The van der Waals surface area contributed by atoms with Gasteiger partial charge in [0.05, 0.1) is 29.3 Å². The lowest BCUT2D eigenvalue weighted by Gasteiger charge is -2.34. The molecule has 0 amide bonds. The molecule has 0 aliphatic carbocycles. The molecule has 1 N–H and O–H groups in total. The van der Waals surface area contributed by atoms with Gasteiger partial charge in [-0.15, -0.1) is 11.3 Å². The van der Waals surface area contributed by atoms with Gasteiger partial charge < -0.3 is 15.1 Å². The predicted octanol–water partition coefficient (Wildman–Crippen LogP) is 3.44. The van der Waals surface area contributed by atoms with Crippen LogP contribution in [-0.4, -0.2) is 48.6 Å². The van der Waals surface area contributed by atoms with E-state index in [9.17, 15) is 0 Å². The van der Waals surface area contributed by atoms with Crippen molar-refractivity contribution >= 4 is 33.5 Å². The Morgan fingerprint density at radius 2 is 2.23 bits per heavy atom. The molecule has 0 radical (unpaired) electrons. The number of fused-ring (bicyclic) bond motifs is 2. The molecule has 22 heavy (non-hydrogen) atoms. The van der Waals surface area contributed by atoms with Crippen molar-refractivity contribution in [3.63, 3.8) is 0 Å². The number of amidine groups is 1. The van der Waals surface area contributed by atoms with Crippen molar-refractivity contribution in [3.05, 3.63) is 40.7 Å². The highest BCUT2D eigenvalue weighted by Gasteiger charge is 2.25. The van der Waals surface area contributed by atoms with Crippen LogP contribution < -0.4 is 5.31 Å². The first-order chi connectivity index (χ1) is 18.7. The Labute approximate surface area is 163 Å². The Morgan fingerprint density at radius 3 is 3.05 bits per heavy atom. The van der Waals surface area contributed by atoms with Gasteiger partial charge in [0.15, 0.2) is 1.41 Å². The van der Waals surface area contributed by atoms with E-state index in [2.05, 4.69) is 4.99 Å². The summed E-state index contributed by atoms with van der Waals surface area (Å²) >= 11 is 0.247. The van der Waals surface area contributed by atoms with E-state index in [4.69, 9.17) is 27.5 Å². The number of piperazine rings is 1. The molecule has 0 bridgehead atoms. The number of benzene rings is 1. The number of aliphatic imine (C=N–C) groups is 1. The van der Waals surface area contributed by atoms with Gasteiger partial charge in [-0.25, -0.2) is 4.99 Å². The van der Waals surface area contributed by atoms with Gasteiger partial charge in [-0.2, -0.15) is 0 Å². The van der Waals surface area contributed by atoms with E-state index < -0.39 is 108 Å². The molecule has 1 aromatic heterocycles. The quantitative estimate of drug-likeness (QED) is 0.802. The second-order valence-corrected chi connectivity index (χ2v) is 5.10. The highest BCUT2D eigenvalue weighted by atomic mass is 32.1. The van der Waals surface area contributed by atoms with Crippen LogP contribution in [0.25, 0.3) is 0 Å². The zero-order chi connectivity index (χ0) is 32.5. The summed E-state index contributed by atoms with van der Waals surface area (Å²) in [5.41, 5.74) is -2.34. The highest BCUT2D eigenvalue weighted by molar-refractivity contribution is 7.16. The molecule has 1 fully saturated rings. The Bertz CT molecular complexity index is 1480. The summed E-state index contributed by atoms with van der Waals surface area (Å²) in [4.78, 5) is 2.42. The number of likely N-dealkylation sites (N-methyl/N-ethyl adjacent to an activating group) is 1. The van der Waals surface area contributed by atoms with Crippen molar-refractivity contribution in [1.29, 1.82) is 0 Å². The number of aryl methyl sites for hydroxylation is 1. The summed E-state index contributed by atoms with van der Waals surface area (Å²) in [5.74, 6) is -1.20. The predicted molar refractivity (Wildman–Crippen MR) is 94.0 cm³/mol. The fourth-order valence-electron chi connectivity index (χ4n) is 1.82. The van der Waals surface area contributed by atoms with E-state index in [1.807, 2.05) is 0 Å². The van der Waals surface area contributed by atoms with Crippen LogP contribution in [0.3, 0.4) is 0 Å². The lowest BCUT2D eigenvalue weighted by molar-refractivity contribution is 0.216. The molecule has 2 aliphatic heterocycles. The zero-order valence-electron chi connectivity index (χ0n) is 30.7. The van der Waals surface area contributed by atoms with Gasteiger partial charge in [0.2, 0.25) is 0 Å². The standard InChI is InChI=1S/C17H20N4S/c1-12-11-13-16(21-9-7-20(2)8-10-21)18-14-5-3-4-6-15(14)19-17(13)22-12/h3-6,11,19H,7-10H2,1-2H3/i1D3,2D3,3D,4D,5D,6D,7D2,8D2,9D2,10D2,11D/hD. The average Bonchev–Trinajstić information content (AvgIpc) is 3.09. The lowest BCUT2D eigenvalue weighted by Crippen LogP contribution is -2.47. The molecule has 3 heterocycles. The number of hydrogen-bond acceptors (Lipinski definition) is 5. The maximum Gasteiger partial charge on any atom is 0.167 e. The van der Waals surface area contributed by atoms with Crippen LogP contribution in [0, 0.1) is 6.85 Å². The highest BCUT2D eigenvalue weighted by Crippen LogP contribution is 2.39. The second kappa shape index (κ2) is 5.41. The maximum atomic E-state index is 8.69. The monoisotopic (exact) mass is 332 g/mol. The molecule has 0 spiro atoms. The van der Waals surface area contributed by atoms with E-state index in [-0.39, 0.29) is 16.2 Å². The van der Waals surface area contributed by atoms with Gasteiger partial charge in [-0.05, 0) is 32.0 Å². The van der Waals surface area contributed by atoms with Crippen molar-refractivity contribution in [2.24, 2.45) is 4.99 Å². The molecule has 1 saturated heterocycles. The Kier molecular flexibility index (Phi) is 0.976. The molecule has 2 aliphatic rings. The fraction of sp³-hybridized carbons (Fsp3) is 0.353. The third-order valence-corrected chi connectivity index (χ3v) is 3.51. The molecular weight excluding hydrogens is 292 g/mol. The number of para-hydroxylation sites is 2. The Morgan fingerprint density at radius 1 is 1.36 bits per heavy atom. The topological polar surface area (TPSA) is 30.9 Å². The van der Waals surface area contributed by atoms with E-state index >= 15 is 0 Å². The smallest absolute Gasteiger partial charge is 0.167 e. The first kappa shape index (κ1) is 3.97. The first-order valence-electron chi connectivity index (χ1n) is 15.8. The van der Waals surface area contributed by atoms with Crippen LogP contribution in [0.2, 0.25) is 1.41 Å². The zero-order valence-corrected chi connectivity index (χ0v) is 11.5. The van der Waals surface area contributed by atoms with Crippen molar-refractivity contribution in [2.45, 2.75) is 6.85 Å². The molecular formula is C17H20N4S. The van der Waals surface area contributed by atoms with Crippen LogP contribution in [-0.2, 0) is 0 Å². The largest absolute Gasteiger partial charge is 0.353 e. The molecule has 5 heteroatoms. The normalized spacial score (nSPS) is 42.1. The summed E-state index contributed by atoms with van der Waals surface area (Å²) in [7, 11) is 0. The number of anilines is 2. The minimum atomic E-state index is -3.88. The van der Waals surface area contributed by atoms with Gasteiger partial charge in [0.25, 0.3) is 0 Å². The Hall–Kier alpha value is -1.85. The summed E-state index contributed by atoms with van der Waals surface area (Å²) in [6.07, 6.45) is 0. The third kappa shape index (κ3) is 2.40. The van der Waals surface area contributed by atoms with Crippen LogP contribution in [0.5, 0.6) is 0 Å². The van der Waals surface area contributed by atoms with Crippen molar-refractivity contribution < 1.29 is 27.5 Å². The van der Waals surface area contributed by atoms with Crippen molar-refractivity contribution in [1.82, 2.24) is 9.80 Å². The van der Waals surface area contributed by atoms with Gasteiger partial charge in [0.1, 0.15) is 10.8 Å². The summed E-state index contributed by atoms with van der Waals surface area (Å²) in [6, 6.07) is -4.50. The summed E-state index contributed by atoms with van der Waals surface area (Å²) in [5, 5.41) is -0.302. The lowest BCUT2D eigenvalue weighted by atomic mass is 10.2. The first-order valence-corrected chi connectivity index (χ1v) is 6.71. The SMILES string of the molecule is [2H]c1c([2H])c([2H])c2c(c1[2H])N=C(N1C([2H])([2H])C([2H])([2H])N(C([2H])([2H])[2H])C([2H])([2H])C1([2H])[2H])c1c(sc(C([2H])([2H])[2H])c1[2H])N2[2H]. The molecule has 2 aromatic rings. The van der Waals surface area contributed by atoms with Crippen LogP contribution in [0.4, 0.5) is 16.4 Å². The van der Waals surface area contributed by atoms with E-state index in [0.717, 1.165) is 0 Å². The molecule has 1 aromatic carbocycles. The van der Waals surface area contributed by atoms with Crippen LogP contribution in [0.1, 0.15) is 36.5 Å². The number of thiophene rings is 1. The van der Waals surface area contributed by atoms with E-state index in [0.29, 0.717) is 5.31 Å². The van der Waals surface area contributed by atoms with E-state index in [1.165, 1.54) is 0 Å². The second-order valence-electron chi connectivity index (χ2n) is 4.10. The van der Waals surface area contributed by atoms with E-state index in [1.54, 1.807) is 0 Å². The number of rotatable bonds is 0. The van der Waals surface area contributed by atoms with Gasteiger partial charge in [0, 0.05) is 44.6 Å². The molecule has 4 rings (SSSR count). The summed E-state index contributed by atoms with van der Waals surface area (Å²) in [6.45, 7) is -22.3. The molecule has 4 nitrogen and oxygen atoms in total. The molecule has 0 unspecified atom stereocenters.